The van der Waals surface area contributed by atoms with Crippen LogP contribution in [0.5, 0.6) is 0 Å². The second kappa shape index (κ2) is 6.00. The fourth-order valence-electron chi connectivity index (χ4n) is 1.45. The molecule has 1 aromatic rings. The molecule has 1 nitrogen and oxygen atoms in total. The lowest BCUT2D eigenvalue weighted by Crippen LogP contribution is -2.14. The van der Waals surface area contributed by atoms with Gasteiger partial charge in [-0.3, -0.25) is 0 Å². The molecule has 1 unspecified atom stereocenters. The third kappa shape index (κ3) is 4.50. The lowest BCUT2D eigenvalue weighted by molar-refractivity contribution is 0.308. The van der Waals surface area contributed by atoms with Crippen molar-refractivity contribution in [3.05, 3.63) is 33.8 Å². The van der Waals surface area contributed by atoms with Crippen molar-refractivity contribution < 1.29 is 4.43 Å². The third-order valence-corrected chi connectivity index (χ3v) is 4.90. The second-order valence-electron chi connectivity index (χ2n) is 5.33. The molecule has 1 radical (unpaired) electrons. The van der Waals surface area contributed by atoms with E-state index in [1.807, 2.05) is 0 Å². The van der Waals surface area contributed by atoms with Crippen LogP contribution in [0.3, 0.4) is 0 Å². The molecule has 17 heavy (non-hydrogen) atoms. The van der Waals surface area contributed by atoms with Crippen molar-refractivity contribution in [1.82, 2.24) is 0 Å². The van der Waals surface area contributed by atoms with Gasteiger partial charge in [0.2, 0.25) is 9.04 Å². The zero-order valence-corrected chi connectivity index (χ0v) is 15.1. The summed E-state index contributed by atoms with van der Waals surface area (Å²) in [6.45, 7) is 10.9. The molecule has 0 bridgehead atoms. The summed E-state index contributed by atoms with van der Waals surface area (Å²) in [5.74, 6) is 0. The van der Waals surface area contributed by atoms with Crippen molar-refractivity contribution in [3.63, 3.8) is 0 Å². The number of alkyl halides is 1. The van der Waals surface area contributed by atoms with Crippen LogP contribution in [0.4, 0.5) is 0 Å². The molecular formula is C13H19Br2OSi. The largest absolute Gasteiger partial charge is 0.401 e. The second-order valence-corrected chi connectivity index (χ2v) is 9.07. The molecule has 4 heteroatoms. The smallest absolute Gasteiger partial charge is 0.207 e. The normalized spacial score (nSPS) is 14.1. The Balaban J connectivity index is 3.06. The number of rotatable bonds is 3. The van der Waals surface area contributed by atoms with E-state index in [4.69, 9.17) is 4.43 Å². The molecule has 95 valence electrons. The lowest BCUT2D eigenvalue weighted by atomic mass is 9.86. The minimum Gasteiger partial charge on any atom is -0.401 e. The summed E-state index contributed by atoms with van der Waals surface area (Å²) in [6.07, 6.45) is 0. The Bertz CT molecular complexity index is 385. The van der Waals surface area contributed by atoms with Crippen LogP contribution in [-0.2, 0) is 9.84 Å². The monoisotopic (exact) mass is 377 g/mol. The molecule has 0 saturated heterocycles. The van der Waals surface area contributed by atoms with Crippen LogP contribution in [0.25, 0.3) is 0 Å². The first-order chi connectivity index (χ1) is 7.71. The molecular weight excluding hydrogens is 360 g/mol. The predicted molar refractivity (Wildman–Crippen MR) is 83.1 cm³/mol. The summed E-state index contributed by atoms with van der Waals surface area (Å²) in [6, 6.07) is 6.48. The van der Waals surface area contributed by atoms with Gasteiger partial charge in [-0.2, -0.15) is 0 Å². The summed E-state index contributed by atoms with van der Waals surface area (Å²) >= 11 is 7.20. The highest BCUT2D eigenvalue weighted by Gasteiger charge is 2.19. The summed E-state index contributed by atoms with van der Waals surface area (Å²) < 4.78 is 6.97. The van der Waals surface area contributed by atoms with Gasteiger partial charge in [0, 0.05) is 10.0 Å². The van der Waals surface area contributed by atoms with E-state index in [0.29, 0.717) is 0 Å². The van der Waals surface area contributed by atoms with Gasteiger partial charge in [0.15, 0.2) is 0 Å². The molecule has 0 amide bonds. The van der Waals surface area contributed by atoms with Crippen molar-refractivity contribution in [3.8, 4) is 0 Å². The molecule has 0 heterocycles. The first-order valence-corrected chi connectivity index (χ1v) is 9.74. The minimum atomic E-state index is -0.713. The van der Waals surface area contributed by atoms with E-state index in [0.717, 1.165) is 4.47 Å². The van der Waals surface area contributed by atoms with Crippen molar-refractivity contribution in [1.29, 1.82) is 0 Å². The Morgan fingerprint density at radius 3 is 2.29 bits per heavy atom. The molecule has 0 aromatic heterocycles. The van der Waals surface area contributed by atoms with Gasteiger partial charge >= 0.3 is 0 Å². The van der Waals surface area contributed by atoms with Gasteiger partial charge in [-0.1, -0.05) is 64.8 Å². The summed E-state index contributed by atoms with van der Waals surface area (Å²) in [7, 11) is -0.713. The highest BCUT2D eigenvalue weighted by molar-refractivity contribution is 9.11. The minimum absolute atomic E-state index is 0.0249. The summed E-state index contributed by atoms with van der Waals surface area (Å²) in [5.41, 5.74) is 2.65. The average molecular weight is 379 g/mol. The molecule has 0 saturated carbocycles. The molecule has 0 aliphatic heterocycles. The topological polar surface area (TPSA) is 9.23 Å². The van der Waals surface area contributed by atoms with E-state index < -0.39 is 9.04 Å². The van der Waals surface area contributed by atoms with Crippen molar-refractivity contribution >= 4 is 40.9 Å². The SMILES string of the molecule is C[Si](C)OC(Br)c1cc(C(C)(C)C)ccc1Br. The fourth-order valence-corrected chi connectivity index (χ4v) is 4.26. The Labute approximate surface area is 123 Å². The Morgan fingerprint density at radius 1 is 1.24 bits per heavy atom. The van der Waals surface area contributed by atoms with Crippen molar-refractivity contribution in [2.75, 3.05) is 0 Å². The van der Waals surface area contributed by atoms with Crippen LogP contribution in [0.2, 0.25) is 13.1 Å². The van der Waals surface area contributed by atoms with E-state index in [9.17, 15) is 0 Å². The highest BCUT2D eigenvalue weighted by atomic mass is 79.9. The molecule has 0 aliphatic rings. The van der Waals surface area contributed by atoms with Gasteiger partial charge in [0.05, 0.1) is 0 Å². The summed E-state index contributed by atoms with van der Waals surface area (Å²) in [5, 5.41) is -0.0249. The van der Waals surface area contributed by atoms with Gasteiger partial charge in [-0.15, -0.1) is 0 Å². The number of hydrogen-bond acceptors (Lipinski definition) is 1. The molecule has 0 N–H and O–H groups in total. The van der Waals surface area contributed by atoms with Gasteiger partial charge < -0.3 is 4.43 Å². The Kier molecular flexibility index (Phi) is 5.44. The van der Waals surface area contributed by atoms with Crippen LogP contribution < -0.4 is 0 Å². The maximum atomic E-state index is 5.87. The van der Waals surface area contributed by atoms with Gasteiger partial charge in [-0.25, -0.2) is 0 Å². The van der Waals surface area contributed by atoms with Gasteiger partial charge in [0.25, 0.3) is 0 Å². The summed E-state index contributed by atoms with van der Waals surface area (Å²) in [4.78, 5) is 0. The van der Waals surface area contributed by atoms with Crippen LogP contribution in [0.1, 0.15) is 36.9 Å². The quantitative estimate of drug-likeness (QED) is 0.504. The first-order valence-electron chi connectivity index (χ1n) is 5.62. The van der Waals surface area contributed by atoms with Crippen LogP contribution in [-0.4, -0.2) is 9.04 Å². The maximum Gasteiger partial charge on any atom is 0.207 e. The van der Waals surface area contributed by atoms with Crippen molar-refractivity contribution in [2.45, 2.75) is 44.3 Å². The van der Waals surface area contributed by atoms with Crippen LogP contribution in [0.15, 0.2) is 22.7 Å². The number of benzene rings is 1. The van der Waals surface area contributed by atoms with E-state index in [2.05, 4.69) is 83.9 Å². The van der Waals surface area contributed by atoms with Crippen molar-refractivity contribution in [2.24, 2.45) is 0 Å². The Morgan fingerprint density at radius 2 is 1.82 bits per heavy atom. The van der Waals surface area contributed by atoms with E-state index >= 15 is 0 Å². The van der Waals surface area contributed by atoms with E-state index in [1.54, 1.807) is 0 Å². The standard InChI is InChI=1S/C13H19Br2OSi/c1-13(2,3)9-6-7-11(14)10(8-9)12(15)16-17(4)5/h6-8,12H,1-5H3. The predicted octanol–water partition coefficient (Wildman–Crippen LogP) is 5.41. The average Bonchev–Trinajstić information content (AvgIpc) is 2.15. The zero-order valence-electron chi connectivity index (χ0n) is 11.0. The van der Waals surface area contributed by atoms with E-state index in [-0.39, 0.29) is 10.4 Å². The maximum absolute atomic E-state index is 5.87. The first kappa shape index (κ1) is 15.4. The molecule has 0 fully saturated rings. The molecule has 0 aliphatic carbocycles. The molecule has 1 atom stereocenters. The zero-order chi connectivity index (χ0) is 13.2. The van der Waals surface area contributed by atoms with Crippen LogP contribution in [0, 0.1) is 0 Å². The number of hydrogen-bond donors (Lipinski definition) is 0. The molecule has 1 aromatic carbocycles. The van der Waals surface area contributed by atoms with Gasteiger partial charge in [-0.05, 0) is 30.1 Å². The van der Waals surface area contributed by atoms with Crippen LogP contribution >= 0.6 is 31.9 Å². The molecule has 1 rings (SSSR count). The lowest BCUT2D eigenvalue weighted by Gasteiger charge is -2.22. The Hall–Kier alpha value is 0.357. The third-order valence-electron chi connectivity index (χ3n) is 2.45. The van der Waals surface area contributed by atoms with Gasteiger partial charge in [0.1, 0.15) is 5.01 Å². The highest BCUT2D eigenvalue weighted by Crippen LogP contribution is 2.34. The molecule has 0 spiro atoms. The number of halogens is 2. The fraction of sp³-hybridized carbons (Fsp3) is 0.538. The van der Waals surface area contributed by atoms with E-state index in [1.165, 1.54) is 11.1 Å².